The normalized spacial score (nSPS) is 12.6. The van der Waals surface area contributed by atoms with Crippen molar-refractivity contribution in [1.29, 1.82) is 0 Å². The van der Waals surface area contributed by atoms with Gasteiger partial charge in [-0.1, -0.05) is 121 Å². The van der Waals surface area contributed by atoms with Crippen LogP contribution in [0.15, 0.2) is 158 Å². The first-order valence-corrected chi connectivity index (χ1v) is 19.0. The molecule has 0 radical (unpaired) electrons. The summed E-state index contributed by atoms with van der Waals surface area (Å²) in [6, 6.07) is 59.0. The Hall–Kier alpha value is -6.22. The molecule has 1 aliphatic rings. The van der Waals surface area contributed by atoms with Crippen molar-refractivity contribution < 1.29 is 0 Å². The molecule has 11 aromatic rings. The van der Waals surface area contributed by atoms with Gasteiger partial charge in [0.15, 0.2) is 0 Å². The molecule has 2 aromatic heterocycles. The molecular formula is C50H31NS. The van der Waals surface area contributed by atoms with E-state index in [0.717, 1.165) is 6.42 Å². The van der Waals surface area contributed by atoms with Gasteiger partial charge in [0.1, 0.15) is 0 Å². The predicted octanol–water partition coefficient (Wildman–Crippen LogP) is 14.2. The summed E-state index contributed by atoms with van der Waals surface area (Å²) in [4.78, 5) is 0. The van der Waals surface area contributed by atoms with Gasteiger partial charge in [-0.25, -0.2) is 0 Å². The highest BCUT2D eigenvalue weighted by molar-refractivity contribution is 7.26. The van der Waals surface area contributed by atoms with E-state index < -0.39 is 0 Å². The van der Waals surface area contributed by atoms with Gasteiger partial charge in [-0.3, -0.25) is 0 Å². The number of hydrogen-bond acceptors (Lipinski definition) is 1. The van der Waals surface area contributed by atoms with E-state index in [2.05, 4.69) is 169 Å². The summed E-state index contributed by atoms with van der Waals surface area (Å²) in [6.45, 7) is 2.29. The lowest BCUT2D eigenvalue weighted by molar-refractivity contribution is 1.17. The van der Waals surface area contributed by atoms with E-state index in [1.807, 2.05) is 11.3 Å². The SMILES string of the molecule is Cc1cc2c(c3ccc(-c4cccc(-c5ccc6c7ccccc7c7ccccc7c6c5)c4)cc3n2-c2cccc3c2C3)c2sc3ccccc3c12. The molecule has 52 heavy (non-hydrogen) atoms. The van der Waals surface area contributed by atoms with Crippen molar-refractivity contribution in [2.45, 2.75) is 13.3 Å². The van der Waals surface area contributed by atoms with E-state index >= 15 is 0 Å². The van der Waals surface area contributed by atoms with Crippen LogP contribution in [-0.4, -0.2) is 4.57 Å². The molecule has 0 amide bonds. The van der Waals surface area contributed by atoms with Gasteiger partial charge in [0.2, 0.25) is 0 Å². The van der Waals surface area contributed by atoms with Gasteiger partial charge in [0, 0.05) is 43.1 Å². The smallest absolute Gasteiger partial charge is 0.0558 e. The summed E-state index contributed by atoms with van der Waals surface area (Å²) < 4.78 is 5.30. The maximum Gasteiger partial charge on any atom is 0.0558 e. The molecule has 0 unspecified atom stereocenters. The Morgan fingerprint density at radius 1 is 0.442 bits per heavy atom. The van der Waals surface area contributed by atoms with Crippen LogP contribution < -0.4 is 0 Å². The fraction of sp³-hybridized carbons (Fsp3) is 0.0400. The number of aromatic nitrogens is 1. The highest BCUT2D eigenvalue weighted by Crippen LogP contribution is 2.47. The lowest BCUT2D eigenvalue weighted by Gasteiger charge is -2.13. The van der Waals surface area contributed by atoms with E-state index in [-0.39, 0.29) is 0 Å². The maximum absolute atomic E-state index is 2.56. The number of fused-ring (bicyclic) bond motifs is 14. The third kappa shape index (κ3) is 3.93. The Morgan fingerprint density at radius 3 is 1.79 bits per heavy atom. The molecule has 242 valence electrons. The van der Waals surface area contributed by atoms with Gasteiger partial charge in [-0.05, 0) is 115 Å². The molecule has 9 aromatic carbocycles. The van der Waals surface area contributed by atoms with E-state index in [1.165, 1.54) is 119 Å². The first-order chi connectivity index (χ1) is 25.7. The van der Waals surface area contributed by atoms with Crippen molar-refractivity contribution in [2.24, 2.45) is 0 Å². The quantitative estimate of drug-likeness (QED) is 0.164. The molecule has 2 heterocycles. The Bertz CT molecular complexity index is 3300. The summed E-state index contributed by atoms with van der Waals surface area (Å²) in [6.07, 6.45) is 1.08. The zero-order valence-corrected chi connectivity index (χ0v) is 29.4. The molecule has 1 aliphatic carbocycles. The summed E-state index contributed by atoms with van der Waals surface area (Å²) >= 11 is 1.93. The van der Waals surface area contributed by atoms with Crippen LogP contribution in [0, 0.1) is 6.92 Å². The summed E-state index contributed by atoms with van der Waals surface area (Å²) in [5.74, 6) is 0. The molecule has 0 saturated heterocycles. The largest absolute Gasteiger partial charge is 0.309 e. The Labute approximate surface area is 304 Å². The van der Waals surface area contributed by atoms with Crippen LogP contribution in [0.5, 0.6) is 0 Å². The molecular weight excluding hydrogens is 647 g/mol. The third-order valence-electron chi connectivity index (χ3n) is 11.6. The second kappa shape index (κ2) is 10.4. The minimum absolute atomic E-state index is 1.08. The van der Waals surface area contributed by atoms with Gasteiger partial charge in [0.25, 0.3) is 0 Å². The fourth-order valence-electron chi connectivity index (χ4n) is 9.10. The maximum atomic E-state index is 2.56. The number of hydrogen-bond donors (Lipinski definition) is 0. The van der Waals surface area contributed by atoms with Crippen LogP contribution in [0.2, 0.25) is 0 Å². The van der Waals surface area contributed by atoms with E-state index in [4.69, 9.17) is 0 Å². The average Bonchev–Trinajstić information content (AvgIpc) is 3.80. The van der Waals surface area contributed by atoms with Crippen LogP contribution in [0.1, 0.15) is 16.7 Å². The Morgan fingerprint density at radius 2 is 1.04 bits per heavy atom. The molecule has 0 spiro atoms. The van der Waals surface area contributed by atoms with Crippen molar-refractivity contribution in [1.82, 2.24) is 4.57 Å². The Balaban J connectivity index is 1.08. The highest BCUT2D eigenvalue weighted by Gasteiger charge is 2.26. The van der Waals surface area contributed by atoms with Crippen molar-refractivity contribution in [3.63, 3.8) is 0 Å². The van der Waals surface area contributed by atoms with Crippen molar-refractivity contribution in [3.8, 4) is 27.9 Å². The molecule has 0 bridgehead atoms. The number of nitrogens with zero attached hydrogens (tertiary/aromatic N) is 1. The first-order valence-electron chi connectivity index (χ1n) is 18.1. The fourth-order valence-corrected chi connectivity index (χ4v) is 10.4. The summed E-state index contributed by atoms with van der Waals surface area (Å²) in [5.41, 5.74) is 13.1. The second-order valence-corrected chi connectivity index (χ2v) is 15.5. The Kier molecular flexibility index (Phi) is 5.70. The molecule has 0 aliphatic heterocycles. The van der Waals surface area contributed by atoms with Gasteiger partial charge in [0.05, 0.1) is 11.0 Å². The van der Waals surface area contributed by atoms with E-state index in [9.17, 15) is 0 Å². The highest BCUT2D eigenvalue weighted by atomic mass is 32.1. The number of thiophene rings is 1. The number of rotatable bonds is 3. The second-order valence-electron chi connectivity index (χ2n) is 14.5. The standard InChI is InChI=1S/C50H31NS/c1-29-24-46-49(50-48(29)41-17-6-7-19-47(41)52-50)40-23-21-33(28-45(40)51(46)44-18-9-12-34-27-42(34)44)31-11-8-10-30(25-31)32-20-22-39-37-15-3-2-13-35(37)36-14-4-5-16-38(36)43(39)26-32/h2-26,28H,27H2,1H3. The minimum Gasteiger partial charge on any atom is -0.309 e. The van der Waals surface area contributed by atoms with Crippen LogP contribution in [0.3, 0.4) is 0 Å². The summed E-state index contributed by atoms with van der Waals surface area (Å²) in [7, 11) is 0. The van der Waals surface area contributed by atoms with Crippen molar-refractivity contribution in [3.05, 3.63) is 174 Å². The van der Waals surface area contributed by atoms with E-state index in [0.29, 0.717) is 0 Å². The van der Waals surface area contributed by atoms with E-state index in [1.54, 1.807) is 0 Å². The topological polar surface area (TPSA) is 4.93 Å². The number of benzene rings is 9. The number of aryl methyl sites for hydroxylation is 1. The molecule has 0 fully saturated rings. The van der Waals surface area contributed by atoms with Gasteiger partial charge in [-0.2, -0.15) is 0 Å². The van der Waals surface area contributed by atoms with Gasteiger partial charge < -0.3 is 4.57 Å². The molecule has 0 saturated carbocycles. The van der Waals surface area contributed by atoms with Crippen LogP contribution in [0.4, 0.5) is 0 Å². The van der Waals surface area contributed by atoms with Crippen molar-refractivity contribution in [2.75, 3.05) is 0 Å². The van der Waals surface area contributed by atoms with Crippen molar-refractivity contribution >= 4 is 85.6 Å². The predicted molar refractivity (Wildman–Crippen MR) is 225 cm³/mol. The first kappa shape index (κ1) is 28.5. The molecule has 12 rings (SSSR count). The summed E-state index contributed by atoms with van der Waals surface area (Å²) in [5, 5.41) is 13.3. The lowest BCUT2D eigenvalue weighted by atomic mass is 9.91. The molecule has 0 N–H and O–H groups in total. The molecule has 0 atom stereocenters. The lowest BCUT2D eigenvalue weighted by Crippen LogP contribution is -1.94. The minimum atomic E-state index is 1.08. The van der Waals surface area contributed by atoms with Crippen LogP contribution in [-0.2, 0) is 6.42 Å². The van der Waals surface area contributed by atoms with Crippen LogP contribution in [0.25, 0.3) is 102 Å². The third-order valence-corrected chi connectivity index (χ3v) is 12.8. The zero-order valence-electron chi connectivity index (χ0n) is 28.6. The van der Waals surface area contributed by atoms with Gasteiger partial charge in [-0.15, -0.1) is 11.3 Å². The average molecular weight is 678 g/mol. The zero-order chi connectivity index (χ0) is 34.1. The van der Waals surface area contributed by atoms with Gasteiger partial charge >= 0.3 is 0 Å². The molecule has 2 heteroatoms. The van der Waals surface area contributed by atoms with Crippen LogP contribution >= 0.6 is 11.3 Å². The molecule has 1 nitrogen and oxygen atoms in total. The monoisotopic (exact) mass is 677 g/mol.